The maximum atomic E-state index is 5.29. The summed E-state index contributed by atoms with van der Waals surface area (Å²) in [5.41, 5.74) is 0. The van der Waals surface area contributed by atoms with Crippen LogP contribution in [0.25, 0.3) is 0 Å². The molecule has 1 rings (SSSR count). The summed E-state index contributed by atoms with van der Waals surface area (Å²) in [5.74, 6) is 0. The Morgan fingerprint density at radius 1 is 1.62 bits per heavy atom. The van der Waals surface area contributed by atoms with Crippen LogP contribution in [0, 0.1) is 0 Å². The Balaban J connectivity index is 2.22. The van der Waals surface area contributed by atoms with E-state index in [1.54, 1.807) is 0 Å². The third-order valence-corrected chi connectivity index (χ3v) is 1.23. The summed E-state index contributed by atoms with van der Waals surface area (Å²) in [6.07, 6.45) is 1.34. The van der Waals surface area contributed by atoms with E-state index in [2.05, 4.69) is 6.92 Å². The molecule has 0 aliphatic carbocycles. The summed E-state index contributed by atoms with van der Waals surface area (Å²) in [4.78, 5) is 0. The number of hydrogen-bond acceptors (Lipinski definition) is 2. The fraction of sp³-hybridized carbons (Fsp3) is 1.00. The standard InChI is InChI=1S/C6H12O2/c1-3-6-7-4-5(2)8-6/h5-6H,3-4H2,1-2H3/t5-,6?/m0/s1. The van der Waals surface area contributed by atoms with Gasteiger partial charge in [-0.1, -0.05) is 6.92 Å². The van der Waals surface area contributed by atoms with Gasteiger partial charge >= 0.3 is 0 Å². The van der Waals surface area contributed by atoms with Gasteiger partial charge in [0.05, 0.1) is 12.7 Å². The maximum absolute atomic E-state index is 5.29. The smallest absolute Gasteiger partial charge is 0.157 e. The second-order valence-corrected chi connectivity index (χ2v) is 2.12. The molecular formula is C6H12O2. The lowest BCUT2D eigenvalue weighted by atomic mass is 10.4. The van der Waals surface area contributed by atoms with Crippen molar-refractivity contribution in [3.05, 3.63) is 0 Å². The highest BCUT2D eigenvalue weighted by Crippen LogP contribution is 2.12. The molecule has 0 N–H and O–H groups in total. The van der Waals surface area contributed by atoms with Crippen LogP contribution in [0.1, 0.15) is 20.3 Å². The molecule has 1 fully saturated rings. The summed E-state index contributed by atoms with van der Waals surface area (Å²) in [5, 5.41) is 0. The first-order valence-electron chi connectivity index (χ1n) is 3.10. The first kappa shape index (κ1) is 6.05. The lowest BCUT2D eigenvalue weighted by Crippen LogP contribution is -2.06. The van der Waals surface area contributed by atoms with E-state index in [9.17, 15) is 0 Å². The molecule has 0 aromatic heterocycles. The molecule has 1 aliphatic heterocycles. The lowest BCUT2D eigenvalue weighted by Gasteiger charge is -2.03. The van der Waals surface area contributed by atoms with E-state index in [0.717, 1.165) is 13.0 Å². The molecule has 0 amide bonds. The van der Waals surface area contributed by atoms with Gasteiger partial charge in [-0.3, -0.25) is 0 Å². The minimum Gasteiger partial charge on any atom is -0.350 e. The fourth-order valence-corrected chi connectivity index (χ4v) is 0.795. The van der Waals surface area contributed by atoms with Crippen LogP contribution in [0.15, 0.2) is 0 Å². The van der Waals surface area contributed by atoms with Crippen LogP contribution < -0.4 is 0 Å². The van der Waals surface area contributed by atoms with Gasteiger partial charge in [-0.25, -0.2) is 0 Å². The summed E-state index contributed by atoms with van der Waals surface area (Å²) in [6.45, 7) is 4.84. The van der Waals surface area contributed by atoms with E-state index >= 15 is 0 Å². The van der Waals surface area contributed by atoms with Gasteiger partial charge in [0, 0.05) is 0 Å². The molecule has 2 nitrogen and oxygen atoms in total. The Kier molecular flexibility index (Phi) is 1.86. The van der Waals surface area contributed by atoms with Crippen molar-refractivity contribution in [2.75, 3.05) is 6.61 Å². The minimum absolute atomic E-state index is 0.0741. The summed E-state index contributed by atoms with van der Waals surface area (Å²) < 4.78 is 10.5. The molecule has 0 saturated carbocycles. The van der Waals surface area contributed by atoms with Crippen molar-refractivity contribution in [2.24, 2.45) is 0 Å². The van der Waals surface area contributed by atoms with Crippen molar-refractivity contribution < 1.29 is 9.47 Å². The molecule has 2 heteroatoms. The van der Waals surface area contributed by atoms with Gasteiger partial charge in [0.25, 0.3) is 0 Å². The monoisotopic (exact) mass is 116 g/mol. The van der Waals surface area contributed by atoms with Gasteiger partial charge < -0.3 is 9.47 Å². The highest BCUT2D eigenvalue weighted by molar-refractivity contribution is 4.57. The SMILES string of the molecule is CCC1OC[C@H](C)O1. The van der Waals surface area contributed by atoms with Crippen LogP contribution in [-0.2, 0) is 9.47 Å². The third kappa shape index (κ3) is 1.20. The van der Waals surface area contributed by atoms with E-state index in [1.165, 1.54) is 0 Å². The number of hydrogen-bond donors (Lipinski definition) is 0. The molecule has 0 bridgehead atoms. The van der Waals surface area contributed by atoms with Crippen LogP contribution >= 0.6 is 0 Å². The van der Waals surface area contributed by atoms with Crippen molar-refractivity contribution in [3.63, 3.8) is 0 Å². The summed E-state index contributed by atoms with van der Waals surface area (Å²) in [7, 11) is 0. The highest BCUT2D eigenvalue weighted by Gasteiger charge is 2.19. The molecule has 0 aromatic rings. The predicted octanol–water partition coefficient (Wildman–Crippen LogP) is 1.16. The average Bonchev–Trinajstić information content (AvgIpc) is 2.14. The fourth-order valence-electron chi connectivity index (χ4n) is 0.795. The van der Waals surface area contributed by atoms with E-state index in [4.69, 9.17) is 9.47 Å². The summed E-state index contributed by atoms with van der Waals surface area (Å²) in [6, 6.07) is 0. The maximum Gasteiger partial charge on any atom is 0.157 e. The second-order valence-electron chi connectivity index (χ2n) is 2.12. The largest absolute Gasteiger partial charge is 0.350 e. The van der Waals surface area contributed by atoms with E-state index in [-0.39, 0.29) is 6.29 Å². The molecule has 0 radical (unpaired) electrons. The zero-order valence-electron chi connectivity index (χ0n) is 5.39. The van der Waals surface area contributed by atoms with Crippen molar-refractivity contribution in [1.82, 2.24) is 0 Å². The Morgan fingerprint density at radius 3 is 2.62 bits per heavy atom. The molecule has 1 unspecified atom stereocenters. The molecule has 1 aliphatic rings. The number of rotatable bonds is 1. The molecule has 0 spiro atoms. The molecule has 1 heterocycles. The normalized spacial score (nSPS) is 38.2. The quantitative estimate of drug-likeness (QED) is 0.511. The third-order valence-electron chi connectivity index (χ3n) is 1.23. The van der Waals surface area contributed by atoms with Gasteiger partial charge in [0.1, 0.15) is 0 Å². The van der Waals surface area contributed by atoms with Crippen LogP contribution in [0.2, 0.25) is 0 Å². The minimum atomic E-state index is 0.0741. The summed E-state index contributed by atoms with van der Waals surface area (Å²) >= 11 is 0. The average molecular weight is 116 g/mol. The van der Waals surface area contributed by atoms with Crippen LogP contribution in [0.3, 0.4) is 0 Å². The Bertz CT molecular complexity index is 72.9. The molecular weight excluding hydrogens is 104 g/mol. The number of ether oxygens (including phenoxy) is 2. The van der Waals surface area contributed by atoms with Crippen molar-refractivity contribution in [2.45, 2.75) is 32.7 Å². The van der Waals surface area contributed by atoms with Gasteiger partial charge in [-0.05, 0) is 13.3 Å². The zero-order valence-corrected chi connectivity index (χ0v) is 5.39. The first-order chi connectivity index (χ1) is 3.83. The predicted molar refractivity (Wildman–Crippen MR) is 30.6 cm³/mol. The Labute approximate surface area is 49.8 Å². The Morgan fingerprint density at radius 2 is 2.38 bits per heavy atom. The van der Waals surface area contributed by atoms with E-state index < -0.39 is 0 Å². The van der Waals surface area contributed by atoms with Crippen molar-refractivity contribution in [1.29, 1.82) is 0 Å². The van der Waals surface area contributed by atoms with Crippen LogP contribution in [0.4, 0.5) is 0 Å². The molecule has 1 saturated heterocycles. The lowest BCUT2D eigenvalue weighted by molar-refractivity contribution is -0.0557. The van der Waals surface area contributed by atoms with Crippen molar-refractivity contribution in [3.8, 4) is 0 Å². The van der Waals surface area contributed by atoms with Crippen LogP contribution in [0.5, 0.6) is 0 Å². The van der Waals surface area contributed by atoms with Gasteiger partial charge in [0.15, 0.2) is 6.29 Å². The van der Waals surface area contributed by atoms with Gasteiger partial charge in [-0.2, -0.15) is 0 Å². The second kappa shape index (κ2) is 2.46. The highest BCUT2D eigenvalue weighted by atomic mass is 16.7. The molecule has 48 valence electrons. The van der Waals surface area contributed by atoms with Crippen LogP contribution in [-0.4, -0.2) is 19.0 Å². The molecule has 8 heavy (non-hydrogen) atoms. The molecule has 0 aromatic carbocycles. The van der Waals surface area contributed by atoms with E-state index in [1.807, 2.05) is 6.92 Å². The molecule has 2 atom stereocenters. The van der Waals surface area contributed by atoms with Crippen molar-refractivity contribution >= 4 is 0 Å². The van der Waals surface area contributed by atoms with Gasteiger partial charge in [0.2, 0.25) is 0 Å². The van der Waals surface area contributed by atoms with Gasteiger partial charge in [-0.15, -0.1) is 0 Å². The first-order valence-corrected chi connectivity index (χ1v) is 3.10. The Hall–Kier alpha value is -0.0800. The zero-order chi connectivity index (χ0) is 5.98. The van der Waals surface area contributed by atoms with E-state index in [0.29, 0.717) is 6.10 Å². The topological polar surface area (TPSA) is 18.5 Å².